The monoisotopic (exact) mass is 307 g/mol. The molecule has 0 bridgehead atoms. The molecule has 4 heteroatoms. The lowest BCUT2D eigenvalue weighted by Crippen LogP contribution is -2.39. The van der Waals surface area contributed by atoms with Gasteiger partial charge >= 0.3 is 0 Å². The summed E-state index contributed by atoms with van der Waals surface area (Å²) >= 11 is 0. The van der Waals surface area contributed by atoms with Crippen LogP contribution in [0.1, 0.15) is 23.6 Å². The Morgan fingerprint density at radius 3 is 2.48 bits per heavy atom. The molecule has 0 fully saturated rings. The van der Waals surface area contributed by atoms with E-state index >= 15 is 0 Å². The molecule has 0 aliphatic rings. The van der Waals surface area contributed by atoms with Crippen molar-refractivity contribution in [3.63, 3.8) is 0 Å². The summed E-state index contributed by atoms with van der Waals surface area (Å²) in [5.74, 6) is -0.0641. The van der Waals surface area contributed by atoms with Crippen molar-refractivity contribution in [3.8, 4) is 6.07 Å². The SMILES string of the molecule is Cc1ccccc1CN(C)C(C)C(=O)Nc1ccc(C#N)cc1. The van der Waals surface area contributed by atoms with Crippen LogP contribution < -0.4 is 5.32 Å². The van der Waals surface area contributed by atoms with E-state index in [9.17, 15) is 4.79 Å². The minimum absolute atomic E-state index is 0.0641. The van der Waals surface area contributed by atoms with Crippen LogP contribution in [-0.2, 0) is 11.3 Å². The summed E-state index contributed by atoms with van der Waals surface area (Å²) in [5.41, 5.74) is 3.71. The number of nitrogens with one attached hydrogen (secondary N) is 1. The number of aryl methyl sites for hydroxylation is 1. The summed E-state index contributed by atoms with van der Waals surface area (Å²) in [6, 6.07) is 16.8. The molecule has 1 atom stereocenters. The molecule has 0 saturated heterocycles. The van der Waals surface area contributed by atoms with Gasteiger partial charge in [-0.15, -0.1) is 0 Å². The number of carbonyl (C=O) groups is 1. The maximum atomic E-state index is 12.4. The van der Waals surface area contributed by atoms with Crippen molar-refractivity contribution in [2.24, 2.45) is 0 Å². The Balaban J connectivity index is 1.98. The molecule has 0 aliphatic heterocycles. The van der Waals surface area contributed by atoms with Gasteiger partial charge in [0.2, 0.25) is 5.91 Å². The van der Waals surface area contributed by atoms with Crippen LogP contribution in [-0.4, -0.2) is 23.9 Å². The van der Waals surface area contributed by atoms with Crippen molar-refractivity contribution in [2.75, 3.05) is 12.4 Å². The van der Waals surface area contributed by atoms with Crippen molar-refractivity contribution in [2.45, 2.75) is 26.4 Å². The van der Waals surface area contributed by atoms with Gasteiger partial charge in [0, 0.05) is 12.2 Å². The number of hydrogen-bond donors (Lipinski definition) is 1. The molecule has 1 N–H and O–H groups in total. The van der Waals surface area contributed by atoms with Crippen LogP contribution in [0.3, 0.4) is 0 Å². The molecule has 0 heterocycles. The Morgan fingerprint density at radius 1 is 1.22 bits per heavy atom. The lowest BCUT2D eigenvalue weighted by atomic mass is 10.1. The lowest BCUT2D eigenvalue weighted by Gasteiger charge is -2.24. The predicted octanol–water partition coefficient (Wildman–Crippen LogP) is 3.33. The largest absolute Gasteiger partial charge is 0.325 e. The molecular weight excluding hydrogens is 286 g/mol. The fourth-order valence-corrected chi connectivity index (χ4v) is 2.27. The van der Waals surface area contributed by atoms with Crippen LogP contribution >= 0.6 is 0 Å². The molecule has 1 unspecified atom stereocenters. The second-order valence-electron chi connectivity index (χ2n) is 5.70. The third-order valence-electron chi connectivity index (χ3n) is 4.00. The number of nitriles is 1. The van der Waals surface area contributed by atoms with E-state index in [1.807, 2.05) is 31.0 Å². The van der Waals surface area contributed by atoms with Gasteiger partial charge in [0.1, 0.15) is 0 Å². The third-order valence-corrected chi connectivity index (χ3v) is 4.00. The average molecular weight is 307 g/mol. The highest BCUT2D eigenvalue weighted by molar-refractivity contribution is 5.94. The zero-order valence-corrected chi connectivity index (χ0v) is 13.7. The number of hydrogen-bond acceptors (Lipinski definition) is 3. The number of likely N-dealkylation sites (N-methyl/N-ethyl adjacent to an activating group) is 1. The van der Waals surface area contributed by atoms with Crippen molar-refractivity contribution in [1.82, 2.24) is 4.90 Å². The standard InChI is InChI=1S/C19H21N3O/c1-14-6-4-5-7-17(14)13-22(3)15(2)19(23)21-18-10-8-16(12-20)9-11-18/h4-11,15H,13H2,1-3H3,(H,21,23). The van der Waals surface area contributed by atoms with Crippen molar-refractivity contribution in [1.29, 1.82) is 5.26 Å². The van der Waals surface area contributed by atoms with Gasteiger partial charge in [-0.1, -0.05) is 24.3 Å². The molecule has 2 aromatic rings. The van der Waals surface area contributed by atoms with Gasteiger partial charge < -0.3 is 5.32 Å². The number of carbonyl (C=O) groups excluding carboxylic acids is 1. The van der Waals surface area contributed by atoms with E-state index in [2.05, 4.69) is 30.4 Å². The van der Waals surface area contributed by atoms with Gasteiger partial charge in [-0.05, 0) is 56.3 Å². The van der Waals surface area contributed by atoms with Crippen LogP contribution in [0.2, 0.25) is 0 Å². The van der Waals surface area contributed by atoms with Crippen LogP contribution in [0.15, 0.2) is 48.5 Å². The molecular formula is C19H21N3O. The molecule has 0 radical (unpaired) electrons. The van der Waals surface area contributed by atoms with Gasteiger partial charge in [-0.2, -0.15) is 5.26 Å². The minimum Gasteiger partial charge on any atom is -0.325 e. The van der Waals surface area contributed by atoms with E-state index in [1.165, 1.54) is 11.1 Å². The molecule has 0 aliphatic carbocycles. The summed E-state index contributed by atoms with van der Waals surface area (Å²) in [4.78, 5) is 14.4. The van der Waals surface area contributed by atoms with Crippen LogP contribution in [0.25, 0.3) is 0 Å². The molecule has 23 heavy (non-hydrogen) atoms. The fraction of sp³-hybridized carbons (Fsp3) is 0.263. The first-order valence-corrected chi connectivity index (χ1v) is 7.57. The highest BCUT2D eigenvalue weighted by atomic mass is 16.2. The molecule has 1 amide bonds. The molecule has 0 saturated carbocycles. The number of amides is 1. The van der Waals surface area contributed by atoms with Gasteiger partial charge in [-0.3, -0.25) is 9.69 Å². The second-order valence-corrected chi connectivity index (χ2v) is 5.70. The molecule has 2 rings (SSSR count). The Morgan fingerprint density at radius 2 is 1.87 bits per heavy atom. The number of anilines is 1. The minimum atomic E-state index is -0.259. The van der Waals surface area contributed by atoms with Gasteiger partial charge in [0.25, 0.3) is 0 Å². The van der Waals surface area contributed by atoms with E-state index in [1.54, 1.807) is 24.3 Å². The van der Waals surface area contributed by atoms with Gasteiger partial charge in [0.15, 0.2) is 0 Å². The van der Waals surface area contributed by atoms with Gasteiger partial charge in [-0.25, -0.2) is 0 Å². The number of rotatable bonds is 5. The third kappa shape index (κ3) is 4.41. The van der Waals surface area contributed by atoms with Crippen LogP contribution in [0.5, 0.6) is 0 Å². The lowest BCUT2D eigenvalue weighted by molar-refractivity contribution is -0.120. The summed E-state index contributed by atoms with van der Waals surface area (Å²) in [7, 11) is 1.94. The maximum Gasteiger partial charge on any atom is 0.241 e. The average Bonchev–Trinajstić information content (AvgIpc) is 2.56. The fourth-order valence-electron chi connectivity index (χ4n) is 2.27. The molecule has 2 aromatic carbocycles. The van der Waals surface area contributed by atoms with Crippen LogP contribution in [0, 0.1) is 18.3 Å². The van der Waals surface area contributed by atoms with Crippen molar-refractivity contribution < 1.29 is 4.79 Å². The number of benzene rings is 2. The summed E-state index contributed by atoms with van der Waals surface area (Å²) < 4.78 is 0. The Kier molecular flexibility index (Phi) is 5.51. The molecule has 118 valence electrons. The zero-order chi connectivity index (χ0) is 16.8. The van der Waals surface area contributed by atoms with Crippen molar-refractivity contribution >= 4 is 11.6 Å². The first-order valence-electron chi connectivity index (χ1n) is 7.57. The predicted molar refractivity (Wildman–Crippen MR) is 91.9 cm³/mol. The normalized spacial score (nSPS) is 11.8. The molecule has 4 nitrogen and oxygen atoms in total. The highest BCUT2D eigenvalue weighted by Crippen LogP contribution is 2.13. The summed E-state index contributed by atoms with van der Waals surface area (Å²) in [6.07, 6.45) is 0. The summed E-state index contributed by atoms with van der Waals surface area (Å²) in [5, 5.41) is 11.7. The topological polar surface area (TPSA) is 56.1 Å². The van der Waals surface area contributed by atoms with Crippen LogP contribution in [0.4, 0.5) is 5.69 Å². The van der Waals surface area contributed by atoms with E-state index < -0.39 is 0 Å². The Hall–Kier alpha value is -2.64. The first kappa shape index (κ1) is 16.7. The van der Waals surface area contributed by atoms with E-state index in [0.717, 1.165) is 0 Å². The second kappa shape index (κ2) is 7.57. The molecule has 0 aromatic heterocycles. The molecule has 0 spiro atoms. The Labute approximate surface area is 137 Å². The Bertz CT molecular complexity index is 716. The zero-order valence-electron chi connectivity index (χ0n) is 13.7. The van der Waals surface area contributed by atoms with Crippen molar-refractivity contribution in [3.05, 3.63) is 65.2 Å². The summed E-state index contributed by atoms with van der Waals surface area (Å²) in [6.45, 7) is 4.68. The van der Waals surface area contributed by atoms with E-state index in [-0.39, 0.29) is 11.9 Å². The maximum absolute atomic E-state index is 12.4. The van der Waals surface area contributed by atoms with E-state index in [0.29, 0.717) is 17.8 Å². The van der Waals surface area contributed by atoms with Gasteiger partial charge in [0.05, 0.1) is 17.7 Å². The first-order chi connectivity index (χ1) is 11.0. The quantitative estimate of drug-likeness (QED) is 0.922. The highest BCUT2D eigenvalue weighted by Gasteiger charge is 2.18. The number of nitrogens with zero attached hydrogens (tertiary/aromatic N) is 2. The smallest absolute Gasteiger partial charge is 0.241 e. The van der Waals surface area contributed by atoms with E-state index in [4.69, 9.17) is 5.26 Å².